The number of benzene rings is 2. The lowest BCUT2D eigenvalue weighted by Gasteiger charge is -2.16. The summed E-state index contributed by atoms with van der Waals surface area (Å²) >= 11 is 0. The number of halogens is 1. The van der Waals surface area contributed by atoms with Gasteiger partial charge in [-0.15, -0.1) is 0 Å². The molecule has 0 aliphatic carbocycles. The van der Waals surface area contributed by atoms with Crippen molar-refractivity contribution in [3.8, 4) is 11.3 Å². The molecule has 0 saturated carbocycles. The van der Waals surface area contributed by atoms with Gasteiger partial charge < -0.3 is 14.6 Å². The first-order valence-electron chi connectivity index (χ1n) is 8.13. The van der Waals surface area contributed by atoms with Gasteiger partial charge in [-0.25, -0.2) is 14.2 Å². The van der Waals surface area contributed by atoms with E-state index in [0.717, 1.165) is 22.6 Å². The maximum Gasteiger partial charge on any atom is 0.337 e. The van der Waals surface area contributed by atoms with Gasteiger partial charge in [0.2, 0.25) is 0 Å². The lowest BCUT2D eigenvalue weighted by Crippen LogP contribution is -2.03. The van der Waals surface area contributed by atoms with E-state index in [1.54, 1.807) is 48.8 Å². The van der Waals surface area contributed by atoms with Crippen molar-refractivity contribution < 1.29 is 13.9 Å². The number of nitrogens with one attached hydrogen (secondary N) is 1. The SMILES string of the molecule is COC(=O)c1ccc(Nc2ccc(C(F)(P)P)cc2)c(-c2cn(C)cn2)c1. The molecule has 0 spiro atoms. The Morgan fingerprint density at radius 3 is 2.48 bits per heavy atom. The normalized spacial score (nSPS) is 11.3. The van der Waals surface area contributed by atoms with Gasteiger partial charge in [0.25, 0.3) is 0 Å². The number of hydrogen-bond donors (Lipinski definition) is 1. The van der Waals surface area contributed by atoms with Crippen LogP contribution in [0.2, 0.25) is 0 Å². The van der Waals surface area contributed by atoms with Crippen molar-refractivity contribution in [2.45, 2.75) is 5.15 Å². The first-order chi connectivity index (χ1) is 12.8. The predicted molar refractivity (Wildman–Crippen MR) is 112 cm³/mol. The van der Waals surface area contributed by atoms with Crippen molar-refractivity contribution in [1.29, 1.82) is 0 Å². The zero-order valence-electron chi connectivity index (χ0n) is 14.9. The average Bonchev–Trinajstić information content (AvgIpc) is 3.07. The van der Waals surface area contributed by atoms with Crippen LogP contribution in [0.15, 0.2) is 55.0 Å². The quantitative estimate of drug-likeness (QED) is 0.505. The topological polar surface area (TPSA) is 56.1 Å². The standard InChI is InChI=1S/C19H20FN3O2P2/c1-23-10-17(21-11-23)15-9-12(18(24)25-2)3-8-16(15)22-14-6-4-13(5-7-14)19(20,26)27/h3-11,22H,26-27H2,1-2H3. The fourth-order valence-electron chi connectivity index (χ4n) is 2.63. The monoisotopic (exact) mass is 403 g/mol. The van der Waals surface area contributed by atoms with Gasteiger partial charge in [0.1, 0.15) is 0 Å². The highest BCUT2D eigenvalue weighted by molar-refractivity contribution is 7.38. The number of aryl methyl sites for hydroxylation is 1. The summed E-state index contributed by atoms with van der Waals surface area (Å²) in [6, 6.07) is 12.3. The molecule has 8 heteroatoms. The molecule has 0 aliphatic rings. The third kappa shape index (κ3) is 4.52. The molecule has 1 aromatic heterocycles. The van der Waals surface area contributed by atoms with Gasteiger partial charge in [-0.3, -0.25) is 0 Å². The molecule has 3 aromatic rings. The van der Waals surface area contributed by atoms with Crippen LogP contribution in [0.3, 0.4) is 0 Å². The summed E-state index contributed by atoms with van der Waals surface area (Å²) in [5, 5.41) is 1.75. The number of rotatable bonds is 5. The molecule has 0 fully saturated rings. The minimum atomic E-state index is -1.56. The molecule has 0 saturated heterocycles. The second-order valence-electron chi connectivity index (χ2n) is 6.15. The van der Waals surface area contributed by atoms with Gasteiger partial charge in [-0.05, 0) is 35.9 Å². The van der Waals surface area contributed by atoms with E-state index in [2.05, 4.69) is 28.8 Å². The maximum atomic E-state index is 14.0. The molecule has 0 radical (unpaired) electrons. The van der Waals surface area contributed by atoms with Gasteiger partial charge in [0, 0.05) is 30.2 Å². The van der Waals surface area contributed by atoms with Crippen LogP contribution in [-0.4, -0.2) is 22.6 Å². The van der Waals surface area contributed by atoms with Crippen LogP contribution in [0.4, 0.5) is 15.8 Å². The average molecular weight is 403 g/mol. The number of ether oxygens (including phenoxy) is 1. The van der Waals surface area contributed by atoms with E-state index in [9.17, 15) is 9.18 Å². The highest BCUT2D eigenvalue weighted by Crippen LogP contribution is 2.40. The fraction of sp³-hybridized carbons (Fsp3) is 0.158. The smallest absolute Gasteiger partial charge is 0.337 e. The first-order valence-corrected chi connectivity index (χ1v) is 9.28. The molecule has 140 valence electrons. The summed E-state index contributed by atoms with van der Waals surface area (Å²) in [4.78, 5) is 16.3. The summed E-state index contributed by atoms with van der Waals surface area (Å²) < 4.78 is 20.6. The Morgan fingerprint density at radius 1 is 1.22 bits per heavy atom. The second-order valence-corrected chi connectivity index (χ2v) is 8.49. The first kappa shape index (κ1) is 19.5. The molecule has 2 unspecified atom stereocenters. The second kappa shape index (κ2) is 7.75. The van der Waals surface area contributed by atoms with Gasteiger partial charge >= 0.3 is 5.97 Å². The molecule has 0 aliphatic heterocycles. The lowest BCUT2D eigenvalue weighted by molar-refractivity contribution is 0.0601. The van der Waals surface area contributed by atoms with Crippen molar-refractivity contribution >= 4 is 35.8 Å². The van der Waals surface area contributed by atoms with Crippen molar-refractivity contribution in [1.82, 2.24) is 9.55 Å². The van der Waals surface area contributed by atoms with Crippen molar-refractivity contribution in [3.63, 3.8) is 0 Å². The summed E-state index contributed by atoms with van der Waals surface area (Å²) in [5.41, 5.74) is 4.03. The molecule has 0 amide bonds. The molecular formula is C19H20FN3O2P2. The van der Waals surface area contributed by atoms with Crippen molar-refractivity contribution in [3.05, 3.63) is 66.1 Å². The number of esters is 1. The molecule has 2 atom stereocenters. The molecule has 5 nitrogen and oxygen atoms in total. The predicted octanol–water partition coefficient (Wildman–Crippen LogP) is 4.45. The largest absolute Gasteiger partial charge is 0.465 e. The molecule has 0 bridgehead atoms. The highest BCUT2D eigenvalue weighted by atomic mass is 31.1. The van der Waals surface area contributed by atoms with Crippen molar-refractivity contribution in [2.24, 2.45) is 7.05 Å². The summed E-state index contributed by atoms with van der Waals surface area (Å²) in [7, 11) is 7.52. The van der Waals surface area contributed by atoms with Crippen LogP contribution >= 0.6 is 18.5 Å². The number of anilines is 2. The number of nitrogens with zero attached hydrogens (tertiary/aromatic N) is 2. The number of imidazole rings is 1. The number of methoxy groups -OCH3 is 1. The van der Waals surface area contributed by atoms with Gasteiger partial charge in [0.15, 0.2) is 5.15 Å². The Hall–Kier alpha value is -2.29. The Bertz CT molecular complexity index is 966. The van der Waals surface area contributed by atoms with Crippen molar-refractivity contribution in [2.75, 3.05) is 12.4 Å². The number of carbonyl (C=O) groups excluding carboxylic acids is 1. The van der Waals surface area contributed by atoms with Crippen LogP contribution in [0, 0.1) is 0 Å². The van der Waals surface area contributed by atoms with Gasteiger partial charge in [-0.2, -0.15) is 0 Å². The maximum absolute atomic E-state index is 14.0. The van der Waals surface area contributed by atoms with E-state index in [1.807, 2.05) is 17.8 Å². The van der Waals surface area contributed by atoms with E-state index >= 15 is 0 Å². The van der Waals surface area contributed by atoms with Crippen LogP contribution in [0.25, 0.3) is 11.3 Å². The van der Waals surface area contributed by atoms with E-state index in [0.29, 0.717) is 11.1 Å². The zero-order chi connectivity index (χ0) is 19.6. The number of hydrogen-bond acceptors (Lipinski definition) is 4. The molecule has 1 heterocycles. The summed E-state index contributed by atoms with van der Waals surface area (Å²) in [5.74, 6) is -0.414. The summed E-state index contributed by atoms with van der Waals surface area (Å²) in [6.07, 6.45) is 3.56. The number of alkyl halides is 1. The van der Waals surface area contributed by atoms with Crippen LogP contribution in [0.1, 0.15) is 15.9 Å². The van der Waals surface area contributed by atoms with E-state index in [-0.39, 0.29) is 0 Å². The number of aromatic nitrogens is 2. The molecular weight excluding hydrogens is 383 g/mol. The zero-order valence-corrected chi connectivity index (χ0v) is 17.2. The fourth-order valence-corrected chi connectivity index (χ4v) is 3.01. The third-order valence-corrected chi connectivity index (χ3v) is 4.69. The van der Waals surface area contributed by atoms with E-state index in [4.69, 9.17) is 4.74 Å². The van der Waals surface area contributed by atoms with Gasteiger partial charge in [-0.1, -0.05) is 30.6 Å². The van der Waals surface area contributed by atoms with E-state index < -0.39 is 11.1 Å². The Morgan fingerprint density at radius 2 is 1.93 bits per heavy atom. The Balaban J connectivity index is 1.98. The lowest BCUT2D eigenvalue weighted by atomic mass is 10.1. The number of carbonyl (C=O) groups is 1. The Kier molecular flexibility index (Phi) is 5.59. The highest BCUT2D eigenvalue weighted by Gasteiger charge is 2.19. The van der Waals surface area contributed by atoms with Crippen LogP contribution < -0.4 is 5.32 Å². The van der Waals surface area contributed by atoms with E-state index in [1.165, 1.54) is 7.11 Å². The van der Waals surface area contributed by atoms with Crippen LogP contribution in [0.5, 0.6) is 0 Å². The minimum Gasteiger partial charge on any atom is -0.465 e. The van der Waals surface area contributed by atoms with Crippen LogP contribution in [-0.2, 0) is 16.9 Å². The molecule has 3 rings (SSSR count). The molecule has 1 N–H and O–H groups in total. The Labute approximate surface area is 161 Å². The minimum absolute atomic E-state index is 0.414. The van der Waals surface area contributed by atoms with Gasteiger partial charge in [0.05, 0.1) is 24.7 Å². The molecule has 27 heavy (non-hydrogen) atoms. The molecule has 2 aromatic carbocycles. The third-order valence-electron chi connectivity index (χ3n) is 4.03. The summed E-state index contributed by atoms with van der Waals surface area (Å²) in [6.45, 7) is 0.